The van der Waals surface area contributed by atoms with Gasteiger partial charge in [-0.2, -0.15) is 0 Å². The van der Waals surface area contributed by atoms with Gasteiger partial charge in [0.05, 0.1) is 10.7 Å². The van der Waals surface area contributed by atoms with Gasteiger partial charge in [0.1, 0.15) is 5.75 Å². The molecular weight excluding hydrogens is 348 g/mol. The highest BCUT2D eigenvalue weighted by Crippen LogP contribution is 2.23. The van der Waals surface area contributed by atoms with Crippen molar-refractivity contribution < 1.29 is 17.9 Å². The maximum absolute atomic E-state index is 12.4. The van der Waals surface area contributed by atoms with E-state index in [-0.39, 0.29) is 4.21 Å². The van der Waals surface area contributed by atoms with Crippen LogP contribution < -0.4 is 9.46 Å². The lowest BCUT2D eigenvalue weighted by molar-refractivity contribution is -0.126. The second-order valence-electron chi connectivity index (χ2n) is 5.41. The molecule has 6 nitrogen and oxygen atoms in total. The van der Waals surface area contributed by atoms with E-state index >= 15 is 0 Å². The van der Waals surface area contributed by atoms with Crippen LogP contribution in [0.1, 0.15) is 29.6 Å². The van der Waals surface area contributed by atoms with E-state index in [1.807, 2.05) is 19.1 Å². The van der Waals surface area contributed by atoms with Crippen molar-refractivity contribution in [3.63, 3.8) is 0 Å². The molecule has 0 spiro atoms. The van der Waals surface area contributed by atoms with Gasteiger partial charge in [-0.05, 0) is 44.9 Å². The Morgan fingerprint density at radius 2 is 2.04 bits per heavy atom. The van der Waals surface area contributed by atoms with E-state index in [9.17, 15) is 13.2 Å². The van der Waals surface area contributed by atoms with E-state index in [1.54, 1.807) is 32.9 Å². The van der Waals surface area contributed by atoms with Gasteiger partial charge in [0.2, 0.25) is 0 Å². The largest absolute Gasteiger partial charge is 0.481 e. The third kappa shape index (κ3) is 4.33. The lowest BCUT2D eigenvalue weighted by Gasteiger charge is -2.17. The first kappa shape index (κ1) is 18.4. The number of rotatable bonds is 6. The quantitative estimate of drug-likeness (QED) is 0.847. The molecule has 0 aliphatic heterocycles. The molecule has 0 radical (unpaired) electrons. The number of nitrogens with zero attached hydrogens (tertiary/aromatic N) is 1. The minimum Gasteiger partial charge on any atom is -0.481 e. The van der Waals surface area contributed by atoms with E-state index in [2.05, 4.69) is 9.71 Å². The molecule has 1 aromatic carbocycles. The second kappa shape index (κ2) is 7.31. The van der Waals surface area contributed by atoms with Gasteiger partial charge in [-0.1, -0.05) is 19.1 Å². The molecule has 0 saturated carbocycles. The molecule has 2 rings (SSSR count). The molecule has 0 unspecified atom stereocenters. The van der Waals surface area contributed by atoms with Crippen molar-refractivity contribution in [2.45, 2.75) is 44.4 Å². The van der Waals surface area contributed by atoms with Gasteiger partial charge in [0, 0.05) is 0 Å². The van der Waals surface area contributed by atoms with Crippen LogP contribution in [0, 0.1) is 20.8 Å². The predicted octanol–water partition coefficient (Wildman–Crippen LogP) is 2.73. The standard InChI is InChI=1S/C16H20N2O4S2/c1-5-14(22-13-8-6-7-10(2)9-13)15(19)18-24(20,21)16-11(3)17-12(4)23-16/h6-9,14H,5H2,1-4H3,(H,18,19)/t14-/m0/s1. The average molecular weight is 368 g/mol. The van der Waals surface area contributed by atoms with E-state index < -0.39 is 22.0 Å². The number of hydrogen-bond acceptors (Lipinski definition) is 6. The number of aromatic nitrogens is 1. The van der Waals surface area contributed by atoms with Gasteiger partial charge in [0.25, 0.3) is 15.9 Å². The molecule has 0 saturated heterocycles. The van der Waals surface area contributed by atoms with Gasteiger partial charge in [0.15, 0.2) is 10.3 Å². The average Bonchev–Trinajstić information content (AvgIpc) is 2.84. The van der Waals surface area contributed by atoms with Gasteiger partial charge >= 0.3 is 0 Å². The number of thiazole rings is 1. The predicted molar refractivity (Wildman–Crippen MR) is 92.8 cm³/mol. The summed E-state index contributed by atoms with van der Waals surface area (Å²) in [5.41, 5.74) is 1.37. The van der Waals surface area contributed by atoms with Crippen LogP contribution in [-0.2, 0) is 14.8 Å². The molecule has 8 heteroatoms. The van der Waals surface area contributed by atoms with Crippen LogP contribution >= 0.6 is 11.3 Å². The molecule has 130 valence electrons. The Morgan fingerprint density at radius 1 is 1.33 bits per heavy atom. The number of carbonyl (C=O) groups is 1. The summed E-state index contributed by atoms with van der Waals surface area (Å²) in [5.74, 6) is -0.163. The Balaban J connectivity index is 2.15. The number of benzene rings is 1. The molecule has 0 fully saturated rings. The Bertz CT molecular complexity index is 844. The summed E-state index contributed by atoms with van der Waals surface area (Å²) in [4.78, 5) is 16.4. The van der Waals surface area contributed by atoms with Crippen LogP contribution in [-0.4, -0.2) is 25.4 Å². The van der Waals surface area contributed by atoms with Crippen molar-refractivity contribution in [1.29, 1.82) is 0 Å². The van der Waals surface area contributed by atoms with Crippen LogP contribution in [0.4, 0.5) is 0 Å². The van der Waals surface area contributed by atoms with E-state index in [1.165, 1.54) is 0 Å². The summed E-state index contributed by atoms with van der Waals surface area (Å²) in [7, 11) is -3.95. The molecule has 24 heavy (non-hydrogen) atoms. The maximum Gasteiger partial charge on any atom is 0.275 e. The van der Waals surface area contributed by atoms with Crippen molar-refractivity contribution in [3.8, 4) is 5.75 Å². The zero-order valence-corrected chi connectivity index (χ0v) is 15.6. The van der Waals surface area contributed by atoms with Gasteiger partial charge in [-0.25, -0.2) is 18.1 Å². The smallest absolute Gasteiger partial charge is 0.275 e. The molecule has 2 aromatic rings. The molecular formula is C16H20N2O4S2. The van der Waals surface area contributed by atoms with Crippen LogP contribution in [0.15, 0.2) is 28.5 Å². The number of amides is 1. The fourth-order valence-corrected chi connectivity index (χ4v) is 4.68. The van der Waals surface area contributed by atoms with E-state index in [0.717, 1.165) is 16.9 Å². The first-order valence-electron chi connectivity index (χ1n) is 7.47. The first-order valence-corrected chi connectivity index (χ1v) is 9.77. The molecule has 1 amide bonds. The summed E-state index contributed by atoms with van der Waals surface area (Å²) in [6, 6.07) is 7.25. The molecule has 1 aromatic heterocycles. The third-order valence-corrected chi connectivity index (χ3v) is 6.30. The molecule has 1 N–H and O–H groups in total. The SMILES string of the molecule is CC[C@H](Oc1cccc(C)c1)C(=O)NS(=O)(=O)c1sc(C)nc1C. The highest BCUT2D eigenvalue weighted by atomic mass is 32.2. The number of sulfonamides is 1. The van der Waals surface area contributed by atoms with Crippen molar-refractivity contribution in [2.24, 2.45) is 0 Å². The first-order chi connectivity index (χ1) is 11.2. The van der Waals surface area contributed by atoms with Crippen LogP contribution in [0.5, 0.6) is 5.75 Å². The normalized spacial score (nSPS) is 12.7. The summed E-state index contributed by atoms with van der Waals surface area (Å²) < 4.78 is 32.6. The Labute approximate surface area is 145 Å². The zero-order chi connectivity index (χ0) is 17.9. The summed E-state index contributed by atoms with van der Waals surface area (Å²) >= 11 is 1.03. The van der Waals surface area contributed by atoms with Crippen LogP contribution in [0.3, 0.4) is 0 Å². The second-order valence-corrected chi connectivity index (χ2v) is 8.49. The van der Waals surface area contributed by atoms with Crippen molar-refractivity contribution in [3.05, 3.63) is 40.5 Å². The highest BCUT2D eigenvalue weighted by Gasteiger charge is 2.28. The lowest BCUT2D eigenvalue weighted by Crippen LogP contribution is -2.41. The number of carbonyl (C=O) groups excluding carboxylic acids is 1. The van der Waals surface area contributed by atoms with Crippen LogP contribution in [0.25, 0.3) is 0 Å². The van der Waals surface area contributed by atoms with Gasteiger partial charge in [-0.3, -0.25) is 4.79 Å². The summed E-state index contributed by atoms with van der Waals surface area (Å²) in [6.45, 7) is 6.99. The molecule has 0 bridgehead atoms. The summed E-state index contributed by atoms with van der Waals surface area (Å²) in [5, 5.41) is 0.628. The van der Waals surface area contributed by atoms with Crippen molar-refractivity contribution in [1.82, 2.24) is 9.71 Å². The van der Waals surface area contributed by atoms with E-state index in [4.69, 9.17) is 4.74 Å². The Morgan fingerprint density at radius 3 is 2.58 bits per heavy atom. The fraction of sp³-hybridized carbons (Fsp3) is 0.375. The maximum atomic E-state index is 12.4. The number of aryl methyl sites for hydroxylation is 3. The topological polar surface area (TPSA) is 85.4 Å². The van der Waals surface area contributed by atoms with Crippen LogP contribution in [0.2, 0.25) is 0 Å². The summed E-state index contributed by atoms with van der Waals surface area (Å²) in [6.07, 6.45) is -0.549. The van der Waals surface area contributed by atoms with Gasteiger partial charge < -0.3 is 4.74 Å². The molecule has 0 aliphatic carbocycles. The Hall–Kier alpha value is -1.93. The number of ether oxygens (including phenoxy) is 1. The van der Waals surface area contributed by atoms with Gasteiger partial charge in [-0.15, -0.1) is 11.3 Å². The Kier molecular flexibility index (Phi) is 5.61. The number of hydrogen-bond donors (Lipinski definition) is 1. The lowest BCUT2D eigenvalue weighted by atomic mass is 10.2. The van der Waals surface area contributed by atoms with Crippen molar-refractivity contribution in [2.75, 3.05) is 0 Å². The monoisotopic (exact) mass is 368 g/mol. The highest BCUT2D eigenvalue weighted by molar-refractivity contribution is 7.92. The molecule has 1 heterocycles. The minimum atomic E-state index is -3.95. The van der Waals surface area contributed by atoms with Crippen molar-refractivity contribution >= 4 is 27.3 Å². The minimum absolute atomic E-state index is 0.0544. The molecule has 0 aliphatic rings. The molecule has 1 atom stereocenters. The van der Waals surface area contributed by atoms with E-state index in [0.29, 0.717) is 22.9 Å². The third-order valence-electron chi connectivity index (χ3n) is 3.27. The zero-order valence-electron chi connectivity index (χ0n) is 14.0. The number of nitrogens with one attached hydrogen (secondary N) is 1. The fourth-order valence-electron chi connectivity index (χ4n) is 2.18.